The van der Waals surface area contributed by atoms with Gasteiger partial charge in [-0.1, -0.05) is 0 Å². The number of hydrogen-bond acceptors (Lipinski definition) is 3. The maximum Gasteiger partial charge on any atom is 0.344 e. The van der Waals surface area contributed by atoms with Gasteiger partial charge in [-0.15, -0.1) is 0 Å². The van der Waals surface area contributed by atoms with Gasteiger partial charge in [0.1, 0.15) is 0 Å². The maximum absolute atomic E-state index is 11.0. The highest BCUT2D eigenvalue weighted by Gasteiger charge is 2.23. The molecule has 0 saturated heterocycles. The van der Waals surface area contributed by atoms with E-state index in [1.807, 2.05) is 0 Å². The quantitative estimate of drug-likeness (QED) is 0.382. The van der Waals surface area contributed by atoms with E-state index < -0.39 is 11.7 Å². The predicted molar refractivity (Wildman–Crippen MR) is 54.6 cm³/mol. The van der Waals surface area contributed by atoms with Crippen molar-refractivity contribution in [3.05, 3.63) is 0 Å². The number of guanidine groups is 1. The van der Waals surface area contributed by atoms with E-state index in [0.717, 1.165) is 0 Å². The zero-order valence-corrected chi connectivity index (χ0v) is 7.77. The maximum atomic E-state index is 11.0. The van der Waals surface area contributed by atoms with Gasteiger partial charge in [-0.2, -0.15) is 4.99 Å². The van der Waals surface area contributed by atoms with Crippen LogP contribution in [0.25, 0.3) is 0 Å². The molecule has 0 spiro atoms. The van der Waals surface area contributed by atoms with Crippen molar-refractivity contribution in [2.24, 2.45) is 26.4 Å². The molecule has 1 aliphatic rings. The lowest BCUT2D eigenvalue weighted by Crippen LogP contribution is -2.37. The minimum atomic E-state index is -0.630. The number of carbonyl (C=O) groups excluding carboxylic acids is 1. The van der Waals surface area contributed by atoms with Gasteiger partial charge in [-0.3, -0.25) is 9.98 Å². The predicted octanol–water partition coefficient (Wildman–Crippen LogP) is -1.16. The molecule has 0 fully saturated rings. The Morgan fingerprint density at radius 3 is 2.57 bits per heavy atom. The summed E-state index contributed by atoms with van der Waals surface area (Å²) >= 11 is 0. The molecule has 1 heterocycles. The molecule has 7 nitrogen and oxygen atoms in total. The fraction of sp³-hybridized carbons (Fsp3) is 0.429. The van der Waals surface area contributed by atoms with E-state index in [2.05, 4.69) is 20.3 Å². The van der Waals surface area contributed by atoms with Gasteiger partial charge in [0.15, 0.2) is 11.6 Å². The molecule has 0 aliphatic carbocycles. The number of urea groups is 1. The lowest BCUT2D eigenvalue weighted by molar-refractivity contribution is 0.247. The van der Waals surface area contributed by atoms with Gasteiger partial charge < -0.3 is 16.8 Å². The first-order chi connectivity index (χ1) is 6.52. The number of amides is 2. The summed E-state index contributed by atoms with van der Waals surface area (Å²) in [7, 11) is 0. The van der Waals surface area contributed by atoms with Crippen LogP contribution in [0.2, 0.25) is 0 Å². The fourth-order valence-corrected chi connectivity index (χ4v) is 0.912. The van der Waals surface area contributed by atoms with E-state index in [0.29, 0.717) is 0 Å². The molecule has 0 aromatic heterocycles. The number of carbonyl (C=O) groups is 1. The molecule has 2 amide bonds. The number of nitrogens with zero attached hydrogens (tertiary/aromatic N) is 3. The zero-order valence-electron chi connectivity index (χ0n) is 7.77. The van der Waals surface area contributed by atoms with Crippen molar-refractivity contribution in [1.82, 2.24) is 5.32 Å². The van der Waals surface area contributed by atoms with Crippen LogP contribution in [0.4, 0.5) is 4.79 Å². The molecule has 5 N–H and O–H groups in total. The highest BCUT2D eigenvalue weighted by molar-refractivity contribution is 6.17. The number of hydrogen-bond donors (Lipinski definition) is 3. The first-order valence-corrected chi connectivity index (χ1v) is 3.98. The molecule has 7 heteroatoms. The SMILES string of the molecule is CC1(CNC(=O)N=C(N)N)N=CC=N1. The van der Waals surface area contributed by atoms with Gasteiger partial charge in [-0.05, 0) is 6.92 Å². The van der Waals surface area contributed by atoms with E-state index >= 15 is 0 Å². The summed E-state index contributed by atoms with van der Waals surface area (Å²) in [6.07, 6.45) is 3.15. The minimum absolute atomic E-state index is 0.260. The van der Waals surface area contributed by atoms with Crippen LogP contribution in [0.3, 0.4) is 0 Å². The van der Waals surface area contributed by atoms with Crippen molar-refractivity contribution < 1.29 is 4.79 Å². The molecule has 0 atom stereocenters. The molecule has 0 aromatic rings. The number of nitrogens with one attached hydrogen (secondary N) is 1. The summed E-state index contributed by atoms with van der Waals surface area (Å²) in [6, 6.07) is -0.594. The molecule has 0 bridgehead atoms. The molecule has 14 heavy (non-hydrogen) atoms. The number of aliphatic imine (C=N–C) groups is 3. The van der Waals surface area contributed by atoms with Gasteiger partial charge in [0, 0.05) is 12.4 Å². The summed E-state index contributed by atoms with van der Waals surface area (Å²) in [4.78, 5) is 22.4. The normalized spacial score (nSPS) is 16.6. The van der Waals surface area contributed by atoms with E-state index in [9.17, 15) is 4.79 Å². The molecular formula is C7H12N6O. The Morgan fingerprint density at radius 1 is 1.50 bits per heavy atom. The molecule has 0 unspecified atom stereocenters. The second kappa shape index (κ2) is 3.86. The van der Waals surface area contributed by atoms with Gasteiger partial charge in [0.05, 0.1) is 6.54 Å². The third kappa shape index (κ3) is 2.85. The van der Waals surface area contributed by atoms with Crippen LogP contribution in [-0.2, 0) is 0 Å². The Labute approximate surface area is 81.0 Å². The average molecular weight is 196 g/mol. The lowest BCUT2D eigenvalue weighted by Gasteiger charge is -2.16. The summed E-state index contributed by atoms with van der Waals surface area (Å²) in [5.74, 6) is -0.272. The fourth-order valence-electron chi connectivity index (χ4n) is 0.912. The molecule has 1 rings (SSSR count). The van der Waals surface area contributed by atoms with Crippen molar-refractivity contribution in [3.63, 3.8) is 0 Å². The van der Waals surface area contributed by atoms with Crippen LogP contribution >= 0.6 is 0 Å². The molecule has 76 valence electrons. The standard InChI is InChI=1S/C7H12N6O/c1-7(11-2-3-12-7)4-10-6(14)13-5(8)9/h2-3H,4H2,1H3,(H5,8,9,10,13,14). The van der Waals surface area contributed by atoms with Crippen LogP contribution in [0.1, 0.15) is 6.92 Å². The van der Waals surface area contributed by atoms with Gasteiger partial charge in [0.2, 0.25) is 0 Å². The molecule has 0 aromatic carbocycles. The summed E-state index contributed by atoms with van der Waals surface area (Å²) in [5.41, 5.74) is 9.41. The van der Waals surface area contributed by atoms with E-state index in [1.165, 1.54) is 0 Å². The van der Waals surface area contributed by atoms with Crippen LogP contribution in [0.15, 0.2) is 15.0 Å². The number of nitrogens with two attached hydrogens (primary N) is 2. The summed E-state index contributed by atoms with van der Waals surface area (Å²) in [5, 5.41) is 2.48. The molecule has 1 aliphatic heterocycles. The third-order valence-corrected chi connectivity index (χ3v) is 1.58. The van der Waals surface area contributed by atoms with Crippen molar-refractivity contribution in [1.29, 1.82) is 0 Å². The van der Waals surface area contributed by atoms with E-state index in [-0.39, 0.29) is 12.5 Å². The van der Waals surface area contributed by atoms with E-state index in [4.69, 9.17) is 11.5 Å². The van der Waals surface area contributed by atoms with Crippen molar-refractivity contribution >= 4 is 24.4 Å². The summed E-state index contributed by atoms with van der Waals surface area (Å²) in [6.45, 7) is 2.04. The van der Waals surface area contributed by atoms with Crippen molar-refractivity contribution in [3.8, 4) is 0 Å². The minimum Gasteiger partial charge on any atom is -0.370 e. The lowest BCUT2D eigenvalue weighted by atomic mass is 10.2. The Morgan fingerprint density at radius 2 is 2.07 bits per heavy atom. The smallest absolute Gasteiger partial charge is 0.344 e. The van der Waals surface area contributed by atoms with Crippen LogP contribution in [-0.4, -0.2) is 36.6 Å². The second-order valence-electron chi connectivity index (χ2n) is 2.97. The number of rotatable bonds is 2. The van der Waals surface area contributed by atoms with Crippen LogP contribution in [0.5, 0.6) is 0 Å². The van der Waals surface area contributed by atoms with Crippen LogP contribution in [0, 0.1) is 0 Å². The zero-order chi connectivity index (χ0) is 10.6. The van der Waals surface area contributed by atoms with Crippen molar-refractivity contribution in [2.75, 3.05) is 6.54 Å². The van der Waals surface area contributed by atoms with E-state index in [1.54, 1.807) is 19.4 Å². The highest BCUT2D eigenvalue weighted by atomic mass is 16.2. The summed E-state index contributed by atoms with van der Waals surface area (Å²) < 4.78 is 0. The second-order valence-corrected chi connectivity index (χ2v) is 2.97. The first kappa shape index (κ1) is 10.2. The first-order valence-electron chi connectivity index (χ1n) is 3.98. The van der Waals surface area contributed by atoms with Crippen LogP contribution < -0.4 is 16.8 Å². The Balaban J connectivity index is 2.41. The topological polar surface area (TPSA) is 118 Å². The molecule has 0 saturated carbocycles. The largest absolute Gasteiger partial charge is 0.370 e. The molecular weight excluding hydrogens is 184 g/mol. The van der Waals surface area contributed by atoms with Crippen molar-refractivity contribution in [2.45, 2.75) is 12.6 Å². The highest BCUT2D eigenvalue weighted by Crippen LogP contribution is 2.12. The monoisotopic (exact) mass is 196 g/mol. The Kier molecular flexibility index (Phi) is 2.80. The Hall–Kier alpha value is -1.92. The molecule has 0 radical (unpaired) electrons. The van der Waals surface area contributed by atoms with Gasteiger partial charge >= 0.3 is 6.03 Å². The Bertz CT molecular complexity index is 302. The average Bonchev–Trinajstić information content (AvgIpc) is 2.49. The third-order valence-electron chi connectivity index (χ3n) is 1.58. The van der Waals surface area contributed by atoms with Gasteiger partial charge in [-0.25, -0.2) is 4.79 Å². The van der Waals surface area contributed by atoms with Gasteiger partial charge in [0.25, 0.3) is 0 Å².